The van der Waals surface area contributed by atoms with Gasteiger partial charge in [0, 0.05) is 6.04 Å². The topological polar surface area (TPSA) is 3.24 Å². The largest absolute Gasteiger partial charge is 0.306 e. The molecule has 11 heavy (non-hydrogen) atoms. The lowest BCUT2D eigenvalue weighted by atomic mass is 9.90. The molecule has 0 bridgehead atoms. The van der Waals surface area contributed by atoms with Crippen LogP contribution in [0.4, 0.5) is 0 Å². The quantitative estimate of drug-likeness (QED) is 0.550. The Bertz CT molecular complexity index is 138. The van der Waals surface area contributed by atoms with Gasteiger partial charge in [-0.15, -0.1) is 0 Å². The Morgan fingerprint density at radius 1 is 1.45 bits per heavy atom. The van der Waals surface area contributed by atoms with Crippen molar-refractivity contribution in [3.05, 3.63) is 12.2 Å². The van der Waals surface area contributed by atoms with Gasteiger partial charge in [0.2, 0.25) is 0 Å². The first-order valence-electron chi connectivity index (χ1n) is 4.55. The molecular weight excluding hydrogens is 134 g/mol. The van der Waals surface area contributed by atoms with Crippen molar-refractivity contribution in [2.75, 3.05) is 14.1 Å². The molecule has 1 nitrogen and oxygen atoms in total. The molecule has 0 saturated carbocycles. The Morgan fingerprint density at radius 3 is 2.64 bits per heavy atom. The van der Waals surface area contributed by atoms with Crippen LogP contribution < -0.4 is 0 Å². The fourth-order valence-corrected chi connectivity index (χ4v) is 1.62. The highest BCUT2D eigenvalue weighted by molar-refractivity contribution is 4.96. The van der Waals surface area contributed by atoms with Gasteiger partial charge in [0.25, 0.3) is 0 Å². The zero-order chi connectivity index (χ0) is 8.27. The lowest BCUT2D eigenvalue weighted by Crippen LogP contribution is -2.32. The summed E-state index contributed by atoms with van der Waals surface area (Å²) in [5, 5.41) is 0. The highest BCUT2D eigenvalue weighted by Gasteiger charge is 2.17. The maximum atomic E-state index is 2.38. The molecule has 0 radical (unpaired) electrons. The monoisotopic (exact) mass is 153 g/mol. The lowest BCUT2D eigenvalue weighted by Gasteiger charge is -2.28. The van der Waals surface area contributed by atoms with Gasteiger partial charge in [-0.2, -0.15) is 0 Å². The van der Waals surface area contributed by atoms with Gasteiger partial charge in [-0.3, -0.25) is 0 Å². The van der Waals surface area contributed by atoms with Crippen molar-refractivity contribution in [3.63, 3.8) is 0 Å². The van der Waals surface area contributed by atoms with E-state index in [4.69, 9.17) is 0 Å². The van der Waals surface area contributed by atoms with Crippen LogP contribution in [0.15, 0.2) is 12.2 Å². The average Bonchev–Trinajstić information content (AvgIpc) is 2.05. The molecule has 64 valence electrons. The summed E-state index contributed by atoms with van der Waals surface area (Å²) in [5.41, 5.74) is 0. The number of nitrogens with zero attached hydrogens (tertiary/aromatic N) is 1. The van der Waals surface area contributed by atoms with Crippen LogP contribution in [0.2, 0.25) is 0 Å². The molecular formula is C10H19N. The van der Waals surface area contributed by atoms with Crippen molar-refractivity contribution >= 4 is 0 Å². The van der Waals surface area contributed by atoms with Crippen LogP contribution in [0.5, 0.6) is 0 Å². The molecule has 1 heteroatoms. The Kier molecular flexibility index (Phi) is 3.13. The van der Waals surface area contributed by atoms with Gasteiger partial charge in [0.15, 0.2) is 0 Å². The van der Waals surface area contributed by atoms with Crippen LogP contribution in [-0.2, 0) is 0 Å². The summed E-state index contributed by atoms with van der Waals surface area (Å²) in [7, 11) is 4.32. The van der Waals surface area contributed by atoms with E-state index in [2.05, 4.69) is 38.1 Å². The molecule has 0 aromatic carbocycles. The molecule has 1 aliphatic rings. The number of hydrogen-bond acceptors (Lipinski definition) is 1. The van der Waals surface area contributed by atoms with Crippen molar-refractivity contribution in [2.45, 2.75) is 32.2 Å². The first kappa shape index (κ1) is 8.79. The fourth-order valence-electron chi connectivity index (χ4n) is 1.62. The zero-order valence-corrected chi connectivity index (χ0v) is 7.88. The van der Waals surface area contributed by atoms with Gasteiger partial charge < -0.3 is 4.90 Å². The fraction of sp³-hybridized carbons (Fsp3) is 0.800. The molecule has 0 aromatic rings. The molecule has 0 saturated heterocycles. The van der Waals surface area contributed by atoms with E-state index in [9.17, 15) is 0 Å². The highest BCUT2D eigenvalue weighted by atomic mass is 15.1. The zero-order valence-electron chi connectivity index (χ0n) is 7.88. The van der Waals surface area contributed by atoms with E-state index in [-0.39, 0.29) is 0 Å². The normalized spacial score (nSPS) is 27.5. The molecule has 0 N–H and O–H groups in total. The lowest BCUT2D eigenvalue weighted by molar-refractivity contribution is 0.243. The summed E-state index contributed by atoms with van der Waals surface area (Å²) in [6.45, 7) is 2.31. The predicted octanol–water partition coefficient (Wildman–Crippen LogP) is 2.29. The van der Waals surface area contributed by atoms with E-state index in [0.29, 0.717) is 6.04 Å². The van der Waals surface area contributed by atoms with Gasteiger partial charge in [-0.25, -0.2) is 0 Å². The molecule has 0 heterocycles. The van der Waals surface area contributed by atoms with Crippen molar-refractivity contribution in [1.82, 2.24) is 4.90 Å². The third kappa shape index (κ3) is 2.33. The second-order valence-corrected chi connectivity index (χ2v) is 3.73. The minimum absolute atomic E-state index is 0.701. The number of allylic oxidation sites excluding steroid dienone is 1. The molecule has 2 atom stereocenters. The van der Waals surface area contributed by atoms with Crippen molar-refractivity contribution in [2.24, 2.45) is 5.92 Å². The van der Waals surface area contributed by atoms with E-state index in [0.717, 1.165) is 5.92 Å². The Morgan fingerprint density at radius 2 is 2.18 bits per heavy atom. The number of hydrogen-bond donors (Lipinski definition) is 0. The predicted molar refractivity (Wildman–Crippen MR) is 49.6 cm³/mol. The maximum Gasteiger partial charge on any atom is 0.0124 e. The Balaban J connectivity index is 2.45. The van der Waals surface area contributed by atoms with Crippen LogP contribution in [0.3, 0.4) is 0 Å². The maximum absolute atomic E-state index is 2.38. The van der Waals surface area contributed by atoms with Crippen molar-refractivity contribution < 1.29 is 0 Å². The summed E-state index contributed by atoms with van der Waals surface area (Å²) in [5.74, 6) is 0.791. The average molecular weight is 153 g/mol. The number of rotatable bonds is 2. The summed E-state index contributed by atoms with van der Waals surface area (Å²) in [6, 6.07) is 0.701. The van der Waals surface area contributed by atoms with Gasteiger partial charge >= 0.3 is 0 Å². The first-order valence-corrected chi connectivity index (χ1v) is 4.55. The van der Waals surface area contributed by atoms with Crippen molar-refractivity contribution in [3.8, 4) is 0 Å². The van der Waals surface area contributed by atoms with Crippen LogP contribution in [0, 0.1) is 5.92 Å². The van der Waals surface area contributed by atoms with Crippen LogP contribution in [0.25, 0.3) is 0 Å². The molecule has 0 spiro atoms. The van der Waals surface area contributed by atoms with Gasteiger partial charge in [0.05, 0.1) is 0 Å². The Hall–Kier alpha value is -0.300. The van der Waals surface area contributed by atoms with Gasteiger partial charge in [-0.05, 0) is 46.2 Å². The smallest absolute Gasteiger partial charge is 0.0124 e. The molecule has 0 amide bonds. The Labute approximate surface area is 70.1 Å². The van der Waals surface area contributed by atoms with Crippen LogP contribution >= 0.6 is 0 Å². The highest BCUT2D eigenvalue weighted by Crippen LogP contribution is 2.22. The SMILES string of the molecule is CC(C1C=CCCC1)N(C)C. The third-order valence-electron chi connectivity index (χ3n) is 2.73. The molecule has 0 fully saturated rings. The summed E-state index contributed by atoms with van der Waals surface area (Å²) < 4.78 is 0. The van der Waals surface area contributed by atoms with Crippen LogP contribution in [-0.4, -0.2) is 25.0 Å². The van der Waals surface area contributed by atoms with E-state index in [1.165, 1.54) is 19.3 Å². The molecule has 2 unspecified atom stereocenters. The van der Waals surface area contributed by atoms with Gasteiger partial charge in [0.1, 0.15) is 0 Å². The third-order valence-corrected chi connectivity index (χ3v) is 2.73. The summed E-state index contributed by atoms with van der Waals surface area (Å²) in [6.07, 6.45) is 8.74. The van der Waals surface area contributed by atoms with E-state index >= 15 is 0 Å². The minimum atomic E-state index is 0.701. The van der Waals surface area contributed by atoms with E-state index in [1.807, 2.05) is 0 Å². The molecule has 1 rings (SSSR count). The second-order valence-electron chi connectivity index (χ2n) is 3.73. The standard InChI is InChI=1S/C10H19N/c1-9(11(2)3)10-7-5-4-6-8-10/h5,7,9-10H,4,6,8H2,1-3H3. The van der Waals surface area contributed by atoms with E-state index in [1.54, 1.807) is 0 Å². The van der Waals surface area contributed by atoms with Crippen molar-refractivity contribution in [1.29, 1.82) is 0 Å². The van der Waals surface area contributed by atoms with Gasteiger partial charge in [-0.1, -0.05) is 12.2 Å². The second kappa shape index (κ2) is 3.91. The molecule has 0 aromatic heterocycles. The summed E-state index contributed by atoms with van der Waals surface area (Å²) >= 11 is 0. The first-order chi connectivity index (χ1) is 5.22. The van der Waals surface area contributed by atoms with Crippen LogP contribution in [0.1, 0.15) is 26.2 Å². The molecule has 1 aliphatic carbocycles. The minimum Gasteiger partial charge on any atom is -0.306 e. The molecule has 0 aliphatic heterocycles. The van der Waals surface area contributed by atoms with E-state index < -0.39 is 0 Å². The summed E-state index contributed by atoms with van der Waals surface area (Å²) in [4.78, 5) is 2.31.